The van der Waals surface area contributed by atoms with Gasteiger partial charge >= 0.3 is 0 Å². The highest BCUT2D eigenvalue weighted by Crippen LogP contribution is 2.50. The molecule has 1 saturated heterocycles. The summed E-state index contributed by atoms with van der Waals surface area (Å²) >= 11 is 1.12. The van der Waals surface area contributed by atoms with Crippen molar-refractivity contribution in [3.63, 3.8) is 0 Å². The Labute approximate surface area is 263 Å². The van der Waals surface area contributed by atoms with E-state index in [4.69, 9.17) is 26.7 Å². The van der Waals surface area contributed by atoms with Crippen LogP contribution in [0.25, 0.3) is 10.1 Å². The van der Waals surface area contributed by atoms with Crippen LogP contribution in [0.4, 0.5) is 10.1 Å². The average molecular weight is 632 g/mol. The Kier molecular flexibility index (Phi) is 8.31. The number of halogens is 1. The zero-order valence-corrected chi connectivity index (χ0v) is 25.5. The summed E-state index contributed by atoms with van der Waals surface area (Å²) in [6.07, 6.45) is 1.68. The molecule has 45 heavy (non-hydrogen) atoms. The zero-order valence-electron chi connectivity index (χ0n) is 24.7. The number of carbonyl (C=O) groups is 3. The lowest BCUT2D eigenvalue weighted by atomic mass is 9.70. The largest absolute Gasteiger partial charge is 0.457 e. The Balaban J connectivity index is 1.34. The number of likely N-dealkylation sites (tertiary alicyclic amines) is 1. The van der Waals surface area contributed by atoms with Crippen LogP contribution in [0.15, 0.2) is 60.7 Å². The minimum Gasteiger partial charge on any atom is -0.457 e. The summed E-state index contributed by atoms with van der Waals surface area (Å²) in [7, 11) is 1.54. The average Bonchev–Trinajstić information content (AvgIpc) is 3.45. The van der Waals surface area contributed by atoms with Crippen molar-refractivity contribution in [3.8, 4) is 11.5 Å². The first-order valence-electron chi connectivity index (χ1n) is 14.7. The summed E-state index contributed by atoms with van der Waals surface area (Å²) in [6, 6.07) is 14.6. The van der Waals surface area contributed by atoms with E-state index >= 15 is 4.39 Å². The van der Waals surface area contributed by atoms with E-state index in [2.05, 4.69) is 5.32 Å². The highest BCUT2D eigenvalue weighted by molar-refractivity contribution is 7.21. The third kappa shape index (κ3) is 5.44. The molecule has 6 rings (SSSR count). The van der Waals surface area contributed by atoms with E-state index in [0.29, 0.717) is 58.8 Å². The number of para-hydroxylation sites is 1. The lowest BCUT2D eigenvalue weighted by Crippen LogP contribution is -2.53. The van der Waals surface area contributed by atoms with Gasteiger partial charge in [0.25, 0.3) is 5.91 Å². The maximum absolute atomic E-state index is 15.8. The zero-order chi connectivity index (χ0) is 31.9. The Bertz CT molecular complexity index is 1800. The van der Waals surface area contributed by atoms with Crippen LogP contribution in [0.2, 0.25) is 0 Å². The number of ether oxygens (including phenoxy) is 2. The predicted molar refractivity (Wildman–Crippen MR) is 170 cm³/mol. The molecule has 7 N–H and O–H groups in total. The molecule has 2 amide bonds. The number of ketones is 1. The standard InChI is InChI=1S/C33H34FN5O5S/c1-43-15-13-25(40)39-14-5-6-18(17-39)38-32(42)30-27-26-22(11-12-24(35)29(26)45-30)33(37,31(41)28(27)36)21-10-9-20(16-23(21)34)44-19-7-3-2-4-8-19/h2-4,7-12,16,18,28H,5-6,13-15,17,35-37H2,1H3,(H,38,42). The maximum atomic E-state index is 15.8. The fraction of sp³-hybridized carbons (Fsp3) is 0.303. The van der Waals surface area contributed by atoms with E-state index in [0.717, 1.165) is 17.8 Å². The summed E-state index contributed by atoms with van der Waals surface area (Å²) in [6.45, 7) is 1.30. The Morgan fingerprint density at radius 1 is 1.11 bits per heavy atom. The molecule has 2 aliphatic rings. The molecule has 1 fully saturated rings. The van der Waals surface area contributed by atoms with Gasteiger partial charge in [-0.1, -0.05) is 24.3 Å². The SMILES string of the molecule is COCCC(=O)N1CCCC(NC(=O)c2sc3c(N)ccc4c3c2C(N)C(=O)C4(N)c2ccc(Oc3ccccc3)cc2F)C1. The number of piperidine rings is 1. The molecule has 1 aliphatic heterocycles. The number of nitrogens with one attached hydrogen (secondary N) is 1. The molecule has 234 valence electrons. The van der Waals surface area contributed by atoms with Gasteiger partial charge in [0.2, 0.25) is 5.91 Å². The molecule has 0 saturated carbocycles. The number of carbonyl (C=O) groups excluding carboxylic acids is 3. The molecule has 4 aromatic rings. The summed E-state index contributed by atoms with van der Waals surface area (Å²) < 4.78 is 27.1. The van der Waals surface area contributed by atoms with E-state index in [1.54, 1.807) is 54.5 Å². The molecule has 1 aromatic heterocycles. The van der Waals surface area contributed by atoms with Gasteiger partial charge in [0.1, 0.15) is 22.9 Å². The fourth-order valence-electron chi connectivity index (χ4n) is 6.25. The Hall–Kier alpha value is -4.36. The van der Waals surface area contributed by atoms with Crippen molar-refractivity contribution < 1.29 is 28.2 Å². The number of nitrogens with zero attached hydrogens (tertiary/aromatic N) is 1. The third-order valence-corrected chi connectivity index (χ3v) is 9.75. The molecular formula is C33H34FN5O5S. The number of thiophene rings is 1. The Morgan fingerprint density at radius 2 is 1.87 bits per heavy atom. The number of hydrogen-bond donors (Lipinski definition) is 4. The van der Waals surface area contributed by atoms with Crippen molar-refractivity contribution in [1.82, 2.24) is 10.2 Å². The van der Waals surface area contributed by atoms with E-state index < -0.39 is 29.1 Å². The number of Topliss-reactive ketones (excluding diaryl/α,β-unsaturated/α-hetero) is 1. The highest BCUT2D eigenvalue weighted by Gasteiger charge is 2.50. The first-order valence-corrected chi connectivity index (χ1v) is 15.5. The van der Waals surface area contributed by atoms with Gasteiger partial charge in [-0.3, -0.25) is 14.4 Å². The van der Waals surface area contributed by atoms with Crippen LogP contribution >= 0.6 is 11.3 Å². The summed E-state index contributed by atoms with van der Waals surface area (Å²) in [5.41, 5.74) is 18.8. The number of amides is 2. The van der Waals surface area contributed by atoms with Gasteiger partial charge in [-0.05, 0) is 48.7 Å². The molecule has 0 bridgehead atoms. The van der Waals surface area contributed by atoms with E-state index in [9.17, 15) is 14.4 Å². The molecule has 3 aromatic carbocycles. The molecule has 2 heterocycles. The fourth-order valence-corrected chi connectivity index (χ4v) is 7.45. The van der Waals surface area contributed by atoms with E-state index in [-0.39, 0.29) is 34.6 Å². The van der Waals surface area contributed by atoms with Crippen molar-refractivity contribution in [3.05, 3.63) is 88.0 Å². The van der Waals surface area contributed by atoms with Crippen LogP contribution in [0.1, 0.15) is 51.7 Å². The second kappa shape index (κ2) is 12.2. The minimum atomic E-state index is -1.95. The molecule has 1 aliphatic carbocycles. The van der Waals surface area contributed by atoms with Crippen molar-refractivity contribution in [1.29, 1.82) is 0 Å². The van der Waals surface area contributed by atoms with Crippen molar-refractivity contribution in [2.24, 2.45) is 11.5 Å². The number of nitrogens with two attached hydrogens (primary N) is 3. The van der Waals surface area contributed by atoms with Crippen molar-refractivity contribution in [2.75, 3.05) is 32.5 Å². The summed E-state index contributed by atoms with van der Waals surface area (Å²) in [5.74, 6) is -1.10. The monoisotopic (exact) mass is 631 g/mol. The van der Waals surface area contributed by atoms with Gasteiger partial charge in [0.05, 0.1) is 28.6 Å². The number of nitrogen functional groups attached to an aromatic ring is 1. The highest BCUT2D eigenvalue weighted by atomic mass is 32.1. The quantitative estimate of drug-likeness (QED) is 0.213. The molecule has 3 unspecified atom stereocenters. The maximum Gasteiger partial charge on any atom is 0.262 e. The Morgan fingerprint density at radius 3 is 2.60 bits per heavy atom. The van der Waals surface area contributed by atoms with Crippen molar-refractivity contribution >= 4 is 44.7 Å². The number of benzene rings is 3. The molecule has 0 spiro atoms. The van der Waals surface area contributed by atoms with Gasteiger partial charge in [-0.2, -0.15) is 0 Å². The lowest BCUT2D eigenvalue weighted by Gasteiger charge is -2.37. The van der Waals surface area contributed by atoms with Crippen LogP contribution < -0.4 is 27.3 Å². The number of hydrogen-bond acceptors (Lipinski definition) is 9. The van der Waals surface area contributed by atoms with Crippen LogP contribution in [0.5, 0.6) is 11.5 Å². The normalized spacial score (nSPS) is 21.2. The minimum absolute atomic E-state index is 0.0380. The van der Waals surface area contributed by atoms with Crippen LogP contribution in [-0.2, 0) is 19.9 Å². The van der Waals surface area contributed by atoms with Crippen LogP contribution in [0, 0.1) is 5.82 Å². The molecule has 3 atom stereocenters. The topological polar surface area (TPSA) is 163 Å². The van der Waals surface area contributed by atoms with Gasteiger partial charge in [0, 0.05) is 54.5 Å². The first-order chi connectivity index (χ1) is 21.6. The molecule has 0 radical (unpaired) electrons. The molecular weight excluding hydrogens is 597 g/mol. The van der Waals surface area contributed by atoms with Gasteiger partial charge in [-0.25, -0.2) is 4.39 Å². The van der Waals surface area contributed by atoms with E-state index in [1.165, 1.54) is 12.1 Å². The summed E-state index contributed by atoms with van der Waals surface area (Å²) in [5, 5.41) is 3.51. The van der Waals surface area contributed by atoms with Crippen LogP contribution in [-0.4, -0.2) is 55.3 Å². The number of rotatable bonds is 8. The van der Waals surface area contributed by atoms with Crippen LogP contribution in [0.3, 0.4) is 0 Å². The van der Waals surface area contributed by atoms with Gasteiger partial charge in [-0.15, -0.1) is 11.3 Å². The third-order valence-electron chi connectivity index (χ3n) is 8.49. The van der Waals surface area contributed by atoms with E-state index in [1.807, 2.05) is 6.07 Å². The lowest BCUT2D eigenvalue weighted by molar-refractivity contribution is -0.133. The smallest absolute Gasteiger partial charge is 0.262 e. The summed E-state index contributed by atoms with van der Waals surface area (Å²) in [4.78, 5) is 42.3. The van der Waals surface area contributed by atoms with Crippen molar-refractivity contribution in [2.45, 2.75) is 36.9 Å². The number of anilines is 1. The molecule has 12 heteroatoms. The van der Waals surface area contributed by atoms with Gasteiger partial charge in [0.15, 0.2) is 5.78 Å². The second-order valence-electron chi connectivity index (χ2n) is 11.4. The molecule has 10 nitrogen and oxygen atoms in total. The second-order valence-corrected chi connectivity index (χ2v) is 12.4. The number of methoxy groups -OCH3 is 1. The predicted octanol–water partition coefficient (Wildman–Crippen LogP) is 3.96. The first kappa shape index (κ1) is 30.7. The van der Waals surface area contributed by atoms with Gasteiger partial charge < -0.3 is 36.9 Å².